The van der Waals surface area contributed by atoms with Crippen molar-refractivity contribution in [3.63, 3.8) is 0 Å². The summed E-state index contributed by atoms with van der Waals surface area (Å²) >= 11 is 3.39. The molecule has 0 aliphatic heterocycles. The molecule has 2 amide bonds. The first-order chi connectivity index (χ1) is 17.0. The average Bonchev–Trinajstić information content (AvgIpc) is 2.85. The molecule has 190 valence electrons. The van der Waals surface area contributed by atoms with Crippen molar-refractivity contribution in [1.29, 1.82) is 0 Å². The molecule has 1 atom stereocenters. The molecule has 0 heterocycles. The van der Waals surface area contributed by atoms with Gasteiger partial charge in [-0.1, -0.05) is 69.5 Å². The van der Waals surface area contributed by atoms with Crippen molar-refractivity contribution in [2.45, 2.75) is 38.3 Å². The number of sulfonamides is 1. The van der Waals surface area contributed by atoms with E-state index in [-0.39, 0.29) is 17.3 Å². The topological polar surface area (TPSA) is 86.8 Å². The Labute approximate surface area is 221 Å². The van der Waals surface area contributed by atoms with Crippen LogP contribution in [0.15, 0.2) is 82.2 Å². The number of anilines is 1. The molecular formula is C27H30BrN3O4S. The lowest BCUT2D eigenvalue weighted by molar-refractivity contribution is -0.139. The van der Waals surface area contributed by atoms with Crippen LogP contribution in [-0.4, -0.2) is 44.8 Å². The van der Waals surface area contributed by atoms with E-state index in [0.717, 1.165) is 21.0 Å². The van der Waals surface area contributed by atoms with Gasteiger partial charge in [-0.3, -0.25) is 13.9 Å². The van der Waals surface area contributed by atoms with Crippen LogP contribution in [0.25, 0.3) is 0 Å². The van der Waals surface area contributed by atoms with Crippen molar-refractivity contribution in [2.75, 3.05) is 17.9 Å². The van der Waals surface area contributed by atoms with Crippen molar-refractivity contribution in [3.8, 4) is 0 Å². The monoisotopic (exact) mass is 571 g/mol. The molecule has 0 aliphatic rings. The van der Waals surface area contributed by atoms with Crippen LogP contribution >= 0.6 is 15.9 Å². The Morgan fingerprint density at radius 3 is 2.22 bits per heavy atom. The predicted octanol–water partition coefficient (Wildman–Crippen LogP) is 4.42. The van der Waals surface area contributed by atoms with Crippen LogP contribution in [0.1, 0.15) is 23.6 Å². The highest BCUT2D eigenvalue weighted by Crippen LogP contribution is 2.27. The molecule has 0 saturated heterocycles. The van der Waals surface area contributed by atoms with Gasteiger partial charge < -0.3 is 10.2 Å². The highest BCUT2D eigenvalue weighted by molar-refractivity contribution is 9.10. The van der Waals surface area contributed by atoms with Gasteiger partial charge in [0.25, 0.3) is 10.0 Å². The molecule has 7 nitrogen and oxygen atoms in total. The van der Waals surface area contributed by atoms with E-state index < -0.39 is 28.5 Å². The number of hydrogen-bond donors (Lipinski definition) is 1. The molecule has 0 unspecified atom stereocenters. The molecule has 0 bridgehead atoms. The average molecular weight is 573 g/mol. The molecule has 9 heteroatoms. The fourth-order valence-corrected chi connectivity index (χ4v) is 5.59. The van der Waals surface area contributed by atoms with Gasteiger partial charge in [0.15, 0.2) is 0 Å². The SMILES string of the molecule is CNC(=O)[C@@H](C)N(Cc1cccc(C)c1)C(=O)CN(c1cccc(Br)c1)S(=O)(=O)c1ccc(C)cc1. The van der Waals surface area contributed by atoms with Crippen molar-refractivity contribution in [1.82, 2.24) is 10.2 Å². The number of nitrogens with zero attached hydrogens (tertiary/aromatic N) is 2. The number of likely N-dealkylation sites (N-methyl/N-ethyl adjacent to an activating group) is 1. The van der Waals surface area contributed by atoms with Gasteiger partial charge in [0.05, 0.1) is 10.6 Å². The summed E-state index contributed by atoms with van der Waals surface area (Å²) in [5.41, 5.74) is 3.11. The van der Waals surface area contributed by atoms with E-state index in [4.69, 9.17) is 0 Å². The van der Waals surface area contributed by atoms with Gasteiger partial charge in [-0.15, -0.1) is 0 Å². The smallest absolute Gasteiger partial charge is 0.264 e. The maximum atomic E-state index is 13.7. The Hall–Kier alpha value is -3.17. The van der Waals surface area contributed by atoms with Gasteiger partial charge >= 0.3 is 0 Å². The van der Waals surface area contributed by atoms with Crippen LogP contribution in [0, 0.1) is 13.8 Å². The Morgan fingerprint density at radius 2 is 1.61 bits per heavy atom. The molecule has 0 saturated carbocycles. The molecular weight excluding hydrogens is 542 g/mol. The molecule has 0 spiro atoms. The highest BCUT2D eigenvalue weighted by Gasteiger charge is 2.32. The minimum atomic E-state index is -4.08. The Morgan fingerprint density at radius 1 is 0.944 bits per heavy atom. The molecule has 1 N–H and O–H groups in total. The van der Waals surface area contributed by atoms with Crippen LogP contribution < -0.4 is 9.62 Å². The number of hydrogen-bond acceptors (Lipinski definition) is 4. The van der Waals surface area contributed by atoms with Crippen LogP contribution in [0.2, 0.25) is 0 Å². The number of halogens is 1. The van der Waals surface area contributed by atoms with Crippen molar-refractivity contribution < 1.29 is 18.0 Å². The molecule has 3 aromatic rings. The zero-order valence-corrected chi connectivity index (χ0v) is 23.1. The number of carbonyl (C=O) groups excluding carboxylic acids is 2. The standard InChI is InChI=1S/C27H30BrN3O4S/c1-19-11-13-25(14-12-19)36(34,35)31(24-10-6-9-23(28)16-24)18-26(32)30(21(3)27(33)29-4)17-22-8-5-7-20(2)15-22/h5-16,21H,17-18H2,1-4H3,(H,29,33)/t21-/m1/s1. The summed E-state index contributed by atoms with van der Waals surface area (Å²) in [5, 5.41) is 2.58. The van der Waals surface area contributed by atoms with Gasteiger partial charge in [0.2, 0.25) is 11.8 Å². The van der Waals surface area contributed by atoms with Crippen molar-refractivity contribution in [3.05, 3.63) is 94.0 Å². The summed E-state index contributed by atoms with van der Waals surface area (Å²) in [4.78, 5) is 27.7. The Kier molecular flexibility index (Phi) is 8.92. The summed E-state index contributed by atoms with van der Waals surface area (Å²) in [6, 6.07) is 20.1. The van der Waals surface area contributed by atoms with E-state index in [0.29, 0.717) is 10.2 Å². The molecule has 36 heavy (non-hydrogen) atoms. The van der Waals surface area contributed by atoms with Crippen LogP contribution in [0.3, 0.4) is 0 Å². The maximum absolute atomic E-state index is 13.7. The number of carbonyl (C=O) groups is 2. The molecule has 0 aliphatic carbocycles. The van der Waals surface area contributed by atoms with Gasteiger partial charge in [-0.25, -0.2) is 8.42 Å². The zero-order chi connectivity index (χ0) is 26.5. The molecule has 0 fully saturated rings. The highest BCUT2D eigenvalue weighted by atomic mass is 79.9. The molecule has 0 radical (unpaired) electrons. The first-order valence-corrected chi connectivity index (χ1v) is 13.7. The van der Waals surface area contributed by atoms with E-state index in [1.165, 1.54) is 24.1 Å². The summed E-state index contributed by atoms with van der Waals surface area (Å²) in [7, 11) is -2.58. The van der Waals surface area contributed by atoms with Gasteiger partial charge in [0, 0.05) is 18.1 Å². The molecule has 3 aromatic carbocycles. The number of nitrogens with one attached hydrogen (secondary N) is 1. The summed E-state index contributed by atoms with van der Waals surface area (Å²) in [5.74, 6) is -0.838. The lowest BCUT2D eigenvalue weighted by atomic mass is 10.1. The van der Waals surface area contributed by atoms with E-state index in [9.17, 15) is 18.0 Å². The maximum Gasteiger partial charge on any atom is 0.264 e. The van der Waals surface area contributed by atoms with E-state index in [1.807, 2.05) is 38.1 Å². The van der Waals surface area contributed by atoms with Crippen molar-refractivity contribution >= 4 is 43.5 Å². The van der Waals surface area contributed by atoms with E-state index >= 15 is 0 Å². The number of aryl methyl sites for hydroxylation is 2. The second-order valence-corrected chi connectivity index (χ2v) is 11.4. The number of amides is 2. The summed E-state index contributed by atoms with van der Waals surface area (Å²) in [6.45, 7) is 5.13. The third-order valence-corrected chi connectivity index (χ3v) is 8.11. The third kappa shape index (κ3) is 6.53. The van der Waals surface area contributed by atoms with Crippen LogP contribution in [0.5, 0.6) is 0 Å². The van der Waals surface area contributed by atoms with Gasteiger partial charge in [-0.2, -0.15) is 0 Å². The minimum absolute atomic E-state index is 0.0745. The Balaban J connectivity index is 2.03. The van der Waals surface area contributed by atoms with Gasteiger partial charge in [0.1, 0.15) is 12.6 Å². The van der Waals surface area contributed by atoms with Crippen LogP contribution in [-0.2, 0) is 26.2 Å². The zero-order valence-electron chi connectivity index (χ0n) is 20.7. The Bertz CT molecular complexity index is 1340. The first-order valence-electron chi connectivity index (χ1n) is 11.4. The third-order valence-electron chi connectivity index (χ3n) is 5.83. The fourth-order valence-electron chi connectivity index (χ4n) is 3.80. The number of rotatable bonds is 9. The lowest BCUT2D eigenvalue weighted by Gasteiger charge is -2.32. The largest absolute Gasteiger partial charge is 0.357 e. The summed E-state index contributed by atoms with van der Waals surface area (Å²) in [6.07, 6.45) is 0. The molecule has 3 rings (SSSR count). The second-order valence-electron chi connectivity index (χ2n) is 8.61. The molecule has 0 aromatic heterocycles. The van der Waals surface area contributed by atoms with Crippen LogP contribution in [0.4, 0.5) is 5.69 Å². The van der Waals surface area contributed by atoms with Gasteiger partial charge in [-0.05, 0) is 56.7 Å². The van der Waals surface area contributed by atoms with Crippen molar-refractivity contribution in [2.24, 2.45) is 0 Å². The normalized spacial score (nSPS) is 12.0. The lowest BCUT2D eigenvalue weighted by Crippen LogP contribution is -2.50. The van der Waals surface area contributed by atoms with E-state index in [2.05, 4.69) is 21.2 Å². The second kappa shape index (κ2) is 11.7. The predicted molar refractivity (Wildman–Crippen MR) is 145 cm³/mol. The quantitative estimate of drug-likeness (QED) is 0.411. The van der Waals surface area contributed by atoms with E-state index in [1.54, 1.807) is 43.3 Å². The number of benzene rings is 3. The minimum Gasteiger partial charge on any atom is -0.357 e. The summed E-state index contributed by atoms with van der Waals surface area (Å²) < 4.78 is 29.2. The fraction of sp³-hybridized carbons (Fsp3) is 0.259. The first kappa shape index (κ1) is 27.4.